The van der Waals surface area contributed by atoms with Gasteiger partial charge in [-0.2, -0.15) is 5.53 Å². The Labute approximate surface area is 398 Å². The number of benzene rings is 2. The smallest absolute Gasteiger partial charge is 0.321 e. The molecule has 0 spiro atoms. The monoisotopic (exact) mass is 983 g/mol. The van der Waals surface area contributed by atoms with Gasteiger partial charge in [0.15, 0.2) is 0 Å². The quantitative estimate of drug-likeness (QED) is 0.0552. The number of thioether (sulfide) groups is 2. The van der Waals surface area contributed by atoms with Crippen molar-refractivity contribution in [3.8, 4) is 11.5 Å². The van der Waals surface area contributed by atoms with E-state index >= 15 is 0 Å². The van der Waals surface area contributed by atoms with E-state index in [9.17, 15) is 23.6 Å². The van der Waals surface area contributed by atoms with Crippen LogP contribution in [0.3, 0.4) is 0 Å². The van der Waals surface area contributed by atoms with Gasteiger partial charge >= 0.3 is 12.1 Å². The maximum atomic E-state index is 14.7. The highest BCUT2D eigenvalue weighted by molar-refractivity contribution is 8.01. The number of rotatable bonds is 24. The van der Waals surface area contributed by atoms with Gasteiger partial charge in [-0.25, -0.2) is 24.4 Å². The van der Waals surface area contributed by atoms with E-state index in [4.69, 9.17) is 35.3 Å². The zero-order chi connectivity index (χ0) is 46.8. The summed E-state index contributed by atoms with van der Waals surface area (Å²) in [5.41, 5.74) is 7.00. The zero-order valence-corrected chi connectivity index (χ0v) is 39.9. The number of carbonyl (C=O) groups is 4. The fourth-order valence-corrected chi connectivity index (χ4v) is 9.86. The molecule has 2 aromatic rings. The summed E-state index contributed by atoms with van der Waals surface area (Å²) in [6, 6.07) is 10.3. The SMILES string of the molecule is COc1ccc([C@@H](C)NC(=O)[C@@H](COCCOCCOCC2CN(CCOc3ccc(NC(=O)NC4NC(CC(=O)N5CCN(C)CC5)CS4)cc3)NN2)SC2NC(=O)NCC2Cl)c(F)c1. The van der Waals surface area contributed by atoms with Crippen molar-refractivity contribution < 1.29 is 47.3 Å². The Hall–Kier alpha value is -3.88. The van der Waals surface area contributed by atoms with Gasteiger partial charge in [0, 0.05) is 81.3 Å². The highest BCUT2D eigenvalue weighted by Crippen LogP contribution is 2.27. The number of carbonyl (C=O) groups excluding carboxylic acids is 4. The fourth-order valence-electron chi connectivity index (χ4n) is 7.26. The molecule has 4 aliphatic heterocycles. The van der Waals surface area contributed by atoms with Crippen molar-refractivity contribution in [1.82, 2.24) is 52.4 Å². The summed E-state index contributed by atoms with van der Waals surface area (Å²) in [6.07, 6.45) is 0.420. The van der Waals surface area contributed by atoms with Crippen LogP contribution in [-0.4, -0.2) is 184 Å². The van der Waals surface area contributed by atoms with Crippen LogP contribution in [0.4, 0.5) is 19.7 Å². The van der Waals surface area contributed by atoms with Gasteiger partial charge in [0.2, 0.25) is 11.8 Å². The molecule has 0 aliphatic carbocycles. The predicted octanol–water partition coefficient (Wildman–Crippen LogP) is 1.46. The Kier molecular flexibility index (Phi) is 20.8. The first-order chi connectivity index (χ1) is 31.9. The average molecular weight is 985 g/mol. The van der Waals surface area contributed by atoms with E-state index in [2.05, 4.69) is 54.8 Å². The molecular formula is C42H63ClFN11O9S2. The third-order valence-electron chi connectivity index (χ3n) is 11.0. The van der Waals surface area contributed by atoms with Crippen LogP contribution in [0.5, 0.6) is 11.5 Å². The minimum atomic E-state index is -0.761. The number of anilines is 1. The van der Waals surface area contributed by atoms with E-state index in [1.54, 1.807) is 55.1 Å². The summed E-state index contributed by atoms with van der Waals surface area (Å²) in [4.78, 5) is 54.9. The molecule has 0 aromatic heterocycles. The van der Waals surface area contributed by atoms with Crippen LogP contribution in [0.1, 0.15) is 24.9 Å². The molecule has 366 valence electrons. The Morgan fingerprint density at radius 2 is 1.73 bits per heavy atom. The third-order valence-corrected chi connectivity index (χ3v) is 14.2. The van der Waals surface area contributed by atoms with Crippen LogP contribution in [0.25, 0.3) is 0 Å². The van der Waals surface area contributed by atoms with Crippen molar-refractivity contribution in [2.24, 2.45) is 0 Å². The summed E-state index contributed by atoms with van der Waals surface area (Å²) in [5.74, 6) is 1.04. The highest BCUT2D eigenvalue weighted by Gasteiger charge is 2.34. The number of nitrogens with zero attached hydrogens (tertiary/aromatic N) is 3. The van der Waals surface area contributed by atoms with Crippen LogP contribution in [-0.2, 0) is 23.8 Å². The minimum absolute atomic E-state index is 0.00655. The number of hydrazine groups is 2. The van der Waals surface area contributed by atoms with Gasteiger partial charge in [-0.3, -0.25) is 14.9 Å². The molecule has 0 radical (unpaired) electrons. The number of methoxy groups -OCH3 is 1. The van der Waals surface area contributed by atoms with Crippen LogP contribution < -0.4 is 52.3 Å². The van der Waals surface area contributed by atoms with Crippen molar-refractivity contribution in [1.29, 1.82) is 0 Å². The number of piperazine rings is 1. The second-order valence-corrected chi connectivity index (χ2v) is 19.2. The van der Waals surface area contributed by atoms with Crippen LogP contribution in [0.15, 0.2) is 42.5 Å². The first kappa shape index (κ1) is 51.5. The third kappa shape index (κ3) is 16.7. The Morgan fingerprint density at radius 1 is 0.985 bits per heavy atom. The topological polar surface area (TPSA) is 220 Å². The van der Waals surface area contributed by atoms with Gasteiger partial charge in [0.1, 0.15) is 34.7 Å². The second-order valence-electron chi connectivity index (χ2n) is 16.1. The molecule has 4 saturated heterocycles. The minimum Gasteiger partial charge on any atom is -0.497 e. The Balaban J connectivity index is 0.789. The summed E-state index contributed by atoms with van der Waals surface area (Å²) in [6.45, 7) is 8.62. The number of halogens is 2. The number of urea groups is 2. The molecule has 20 nitrogen and oxygen atoms in total. The zero-order valence-electron chi connectivity index (χ0n) is 37.5. The molecular weight excluding hydrogens is 921 g/mol. The molecule has 8 N–H and O–H groups in total. The standard InChI is InChI=1S/C42H63ClFN11O9S2/c1-27(33-9-8-32(60-3)21-35(33)44)46-38(57)36(66-39-34(43)22-45-40(58)49-39)25-63-19-17-61-16-18-62-24-30-23-55(52-51-30)14-15-64-31-6-4-28(5-7-31)47-41(59)50-42-48-29(26-65-42)20-37(56)54-12-10-53(2)11-13-54/h4-9,21,27,29-30,34,36,39,42,48,51-52H,10-20,22-26H2,1-3H3,(H,46,57)(H2,45,49,58)(H2,47,50,59)/t27-,29?,30?,34?,36-,39?,42?/m1/s1. The van der Waals surface area contributed by atoms with Gasteiger partial charge in [-0.15, -0.1) is 35.1 Å². The molecule has 4 heterocycles. The summed E-state index contributed by atoms with van der Waals surface area (Å²) >= 11 is 9.19. The lowest BCUT2D eigenvalue weighted by Gasteiger charge is -2.33. The first-order valence-corrected chi connectivity index (χ1v) is 24.5. The van der Waals surface area contributed by atoms with Gasteiger partial charge in [-0.05, 0) is 44.3 Å². The van der Waals surface area contributed by atoms with E-state index < -0.39 is 33.8 Å². The number of hydrogen-bond donors (Lipinski definition) is 8. The predicted molar refractivity (Wildman–Crippen MR) is 251 cm³/mol. The number of nitrogens with one attached hydrogen (secondary N) is 8. The van der Waals surface area contributed by atoms with Crippen molar-refractivity contribution >= 4 is 64.7 Å². The number of alkyl halides is 1. The van der Waals surface area contributed by atoms with Crippen molar-refractivity contribution in [3.63, 3.8) is 0 Å². The number of amides is 6. The Morgan fingerprint density at radius 3 is 2.48 bits per heavy atom. The van der Waals surface area contributed by atoms with E-state index in [-0.39, 0.29) is 61.9 Å². The Bertz CT molecular complexity index is 1880. The van der Waals surface area contributed by atoms with Gasteiger partial charge in [0.25, 0.3) is 0 Å². The second kappa shape index (κ2) is 26.6. The van der Waals surface area contributed by atoms with Crippen LogP contribution in [0.2, 0.25) is 0 Å². The molecule has 6 amide bonds. The lowest BCUT2D eigenvalue weighted by molar-refractivity contribution is -0.133. The molecule has 7 atom stereocenters. The number of ether oxygens (including phenoxy) is 5. The van der Waals surface area contributed by atoms with E-state index in [0.29, 0.717) is 68.7 Å². The largest absolute Gasteiger partial charge is 0.497 e. The molecule has 2 aromatic carbocycles. The molecule has 66 heavy (non-hydrogen) atoms. The van der Waals surface area contributed by atoms with Crippen LogP contribution >= 0.6 is 35.1 Å². The van der Waals surface area contributed by atoms with Gasteiger partial charge in [0.05, 0.1) is 69.6 Å². The lowest BCUT2D eigenvalue weighted by atomic mass is 10.1. The molecule has 0 saturated carbocycles. The van der Waals surface area contributed by atoms with Crippen molar-refractivity contribution in [2.45, 2.75) is 53.0 Å². The normalized spacial score (nSPS) is 23.4. The maximum Gasteiger partial charge on any atom is 0.321 e. The molecule has 6 rings (SSSR count). The first-order valence-electron chi connectivity index (χ1n) is 22.0. The highest BCUT2D eigenvalue weighted by atomic mass is 35.5. The lowest BCUT2D eigenvalue weighted by Crippen LogP contribution is -2.55. The van der Waals surface area contributed by atoms with E-state index in [0.717, 1.165) is 31.9 Å². The fraction of sp³-hybridized carbons (Fsp3) is 0.619. The van der Waals surface area contributed by atoms with Gasteiger partial charge in [-0.1, -0.05) is 6.07 Å². The summed E-state index contributed by atoms with van der Waals surface area (Å²) < 4.78 is 43.0. The van der Waals surface area contributed by atoms with Crippen molar-refractivity contribution in [2.75, 3.05) is 117 Å². The van der Waals surface area contributed by atoms with E-state index in [1.807, 2.05) is 9.91 Å². The van der Waals surface area contributed by atoms with Crippen LogP contribution in [0, 0.1) is 5.82 Å². The molecule has 24 heteroatoms. The molecule has 0 bridgehead atoms. The van der Waals surface area contributed by atoms with E-state index in [1.165, 1.54) is 24.9 Å². The maximum absolute atomic E-state index is 14.7. The molecule has 4 fully saturated rings. The van der Waals surface area contributed by atoms with Gasteiger partial charge < -0.3 is 60.1 Å². The molecule has 5 unspecified atom stereocenters. The van der Waals surface area contributed by atoms with Crippen molar-refractivity contribution in [3.05, 3.63) is 53.8 Å². The molecule has 4 aliphatic rings. The summed E-state index contributed by atoms with van der Waals surface area (Å²) in [5, 5.41) is 17.6. The number of likely N-dealkylation sites (N-methyl/N-ethyl adjacent to an activating group) is 1. The summed E-state index contributed by atoms with van der Waals surface area (Å²) in [7, 11) is 3.51. The average Bonchev–Trinajstić information content (AvgIpc) is 3.95. The number of hydrogen-bond acceptors (Lipinski definition) is 16.